The molecule has 8 heteroatoms. The summed E-state index contributed by atoms with van der Waals surface area (Å²) in [5.74, 6) is 0.354. The third kappa shape index (κ3) is 4.27. The molecule has 1 atom stereocenters. The molecule has 1 aromatic rings. The number of carbonyl (C=O) groups excluding carboxylic acids is 1. The van der Waals surface area contributed by atoms with E-state index in [2.05, 4.69) is 26.6 Å². The highest BCUT2D eigenvalue weighted by atomic mass is 79.9. The summed E-state index contributed by atoms with van der Waals surface area (Å²) in [4.78, 5) is 22.1. The minimum atomic E-state index is -0.956. The number of ether oxygens (including phenoxy) is 2. The first-order valence-electron chi connectivity index (χ1n) is 6.82. The summed E-state index contributed by atoms with van der Waals surface area (Å²) in [7, 11) is 0. The highest BCUT2D eigenvalue weighted by molar-refractivity contribution is 9.10. The second-order valence-electron chi connectivity index (χ2n) is 4.78. The molecule has 1 aliphatic heterocycles. The van der Waals surface area contributed by atoms with Crippen LogP contribution in [0.5, 0.6) is 11.5 Å². The fraction of sp³-hybridized carbons (Fsp3) is 0.429. The van der Waals surface area contributed by atoms with Crippen LogP contribution in [0.15, 0.2) is 16.6 Å². The molecule has 120 valence electrons. The molecule has 1 aliphatic rings. The number of amides is 2. The number of urea groups is 1. The van der Waals surface area contributed by atoms with Gasteiger partial charge < -0.3 is 25.2 Å². The fourth-order valence-corrected chi connectivity index (χ4v) is 2.69. The predicted molar refractivity (Wildman–Crippen MR) is 82.3 cm³/mol. The Kier molecular flexibility index (Phi) is 5.48. The number of hydrogen-bond donors (Lipinski definition) is 3. The average molecular weight is 373 g/mol. The topological polar surface area (TPSA) is 96.9 Å². The van der Waals surface area contributed by atoms with Gasteiger partial charge in [-0.05, 0) is 24.6 Å². The molecule has 7 nitrogen and oxygen atoms in total. The number of fused-ring (bicyclic) bond motifs is 1. The van der Waals surface area contributed by atoms with Gasteiger partial charge in [0.05, 0.1) is 12.5 Å². The van der Waals surface area contributed by atoms with E-state index in [0.29, 0.717) is 24.7 Å². The standard InChI is InChI=1S/C14H17BrN2O5/c1-8(17-14(20)16-3-2-13(18)19)9-6-11-12(7-10(9)15)22-5-4-21-11/h6-8H,2-5H2,1H3,(H,18,19)(H2,16,17,20). The molecule has 1 unspecified atom stereocenters. The Morgan fingerprint density at radius 2 is 1.95 bits per heavy atom. The third-order valence-corrected chi connectivity index (χ3v) is 3.79. The molecular formula is C14H17BrN2O5. The average Bonchev–Trinajstić information content (AvgIpc) is 2.45. The zero-order chi connectivity index (χ0) is 16.1. The maximum Gasteiger partial charge on any atom is 0.315 e. The molecule has 0 saturated heterocycles. The van der Waals surface area contributed by atoms with Gasteiger partial charge in [-0.25, -0.2) is 4.79 Å². The molecule has 3 N–H and O–H groups in total. The zero-order valence-electron chi connectivity index (χ0n) is 12.0. The number of aliphatic carboxylic acids is 1. The lowest BCUT2D eigenvalue weighted by Crippen LogP contribution is -2.38. The van der Waals surface area contributed by atoms with Crippen molar-refractivity contribution in [2.45, 2.75) is 19.4 Å². The van der Waals surface area contributed by atoms with Crippen LogP contribution >= 0.6 is 15.9 Å². The Balaban J connectivity index is 1.98. The van der Waals surface area contributed by atoms with Gasteiger partial charge in [0.1, 0.15) is 13.2 Å². The Morgan fingerprint density at radius 1 is 1.32 bits per heavy atom. The number of nitrogens with one attached hydrogen (secondary N) is 2. The molecule has 0 spiro atoms. The molecule has 0 fully saturated rings. The first-order valence-corrected chi connectivity index (χ1v) is 7.62. The van der Waals surface area contributed by atoms with Crippen LogP contribution < -0.4 is 20.1 Å². The fourth-order valence-electron chi connectivity index (χ4n) is 2.02. The Morgan fingerprint density at radius 3 is 2.59 bits per heavy atom. The van der Waals surface area contributed by atoms with Crippen molar-refractivity contribution in [2.24, 2.45) is 0 Å². The van der Waals surface area contributed by atoms with E-state index in [4.69, 9.17) is 14.6 Å². The first kappa shape index (κ1) is 16.4. The molecule has 2 rings (SSSR count). The quantitative estimate of drug-likeness (QED) is 0.734. The van der Waals surface area contributed by atoms with E-state index in [0.717, 1.165) is 10.0 Å². The highest BCUT2D eigenvalue weighted by Crippen LogP contribution is 2.37. The monoisotopic (exact) mass is 372 g/mol. The molecule has 1 aromatic carbocycles. The second-order valence-corrected chi connectivity index (χ2v) is 5.64. The van der Waals surface area contributed by atoms with Crippen LogP contribution in [-0.4, -0.2) is 36.9 Å². The molecule has 1 heterocycles. The minimum absolute atomic E-state index is 0.0796. The molecule has 0 aliphatic carbocycles. The van der Waals surface area contributed by atoms with Crippen molar-refractivity contribution in [1.29, 1.82) is 0 Å². The lowest BCUT2D eigenvalue weighted by atomic mass is 10.1. The van der Waals surface area contributed by atoms with E-state index in [1.807, 2.05) is 19.1 Å². The molecule has 0 radical (unpaired) electrons. The SMILES string of the molecule is CC(NC(=O)NCCC(=O)O)c1cc2c(cc1Br)OCCO2. The number of halogens is 1. The summed E-state index contributed by atoms with van der Waals surface area (Å²) in [5.41, 5.74) is 0.845. The van der Waals surface area contributed by atoms with Gasteiger partial charge in [-0.3, -0.25) is 4.79 Å². The van der Waals surface area contributed by atoms with Gasteiger partial charge in [0.15, 0.2) is 11.5 Å². The number of benzene rings is 1. The summed E-state index contributed by atoms with van der Waals surface area (Å²) < 4.78 is 11.8. The van der Waals surface area contributed by atoms with E-state index in [1.165, 1.54) is 0 Å². The smallest absolute Gasteiger partial charge is 0.315 e. The summed E-state index contributed by atoms with van der Waals surface area (Å²) >= 11 is 3.45. The summed E-state index contributed by atoms with van der Waals surface area (Å²) in [5, 5.41) is 13.8. The molecule has 0 aromatic heterocycles. The van der Waals surface area contributed by atoms with E-state index in [9.17, 15) is 9.59 Å². The molecule has 0 saturated carbocycles. The van der Waals surface area contributed by atoms with Crippen molar-refractivity contribution in [3.8, 4) is 11.5 Å². The van der Waals surface area contributed by atoms with Gasteiger partial charge in [0, 0.05) is 11.0 Å². The summed E-state index contributed by atoms with van der Waals surface area (Å²) in [6.45, 7) is 2.91. The van der Waals surface area contributed by atoms with Crippen LogP contribution in [0.2, 0.25) is 0 Å². The highest BCUT2D eigenvalue weighted by Gasteiger charge is 2.19. The number of hydrogen-bond acceptors (Lipinski definition) is 4. The predicted octanol–water partition coefficient (Wildman–Crippen LogP) is 2.06. The van der Waals surface area contributed by atoms with Crippen molar-refractivity contribution in [1.82, 2.24) is 10.6 Å². The van der Waals surface area contributed by atoms with E-state index >= 15 is 0 Å². The zero-order valence-corrected chi connectivity index (χ0v) is 13.6. The van der Waals surface area contributed by atoms with E-state index < -0.39 is 12.0 Å². The summed E-state index contributed by atoms with van der Waals surface area (Å²) in [6, 6.07) is 2.93. The third-order valence-electron chi connectivity index (χ3n) is 3.10. The largest absolute Gasteiger partial charge is 0.486 e. The van der Waals surface area contributed by atoms with Crippen LogP contribution in [0.25, 0.3) is 0 Å². The minimum Gasteiger partial charge on any atom is -0.486 e. The van der Waals surface area contributed by atoms with Gasteiger partial charge in [0.2, 0.25) is 0 Å². The van der Waals surface area contributed by atoms with Gasteiger partial charge in [0.25, 0.3) is 0 Å². The Bertz CT molecular complexity index is 579. The second kappa shape index (κ2) is 7.35. The van der Waals surface area contributed by atoms with Crippen LogP contribution in [0.4, 0.5) is 4.79 Å². The van der Waals surface area contributed by atoms with Gasteiger partial charge in [-0.15, -0.1) is 0 Å². The van der Waals surface area contributed by atoms with Crippen LogP contribution in [0.1, 0.15) is 24.9 Å². The van der Waals surface area contributed by atoms with Gasteiger partial charge in [-0.1, -0.05) is 15.9 Å². The van der Waals surface area contributed by atoms with Gasteiger partial charge in [-0.2, -0.15) is 0 Å². The maximum absolute atomic E-state index is 11.7. The lowest BCUT2D eigenvalue weighted by molar-refractivity contribution is -0.136. The molecule has 0 bridgehead atoms. The number of carbonyl (C=O) groups is 2. The molecular weight excluding hydrogens is 356 g/mol. The summed E-state index contributed by atoms with van der Waals surface area (Å²) in [6.07, 6.45) is -0.116. The van der Waals surface area contributed by atoms with Gasteiger partial charge >= 0.3 is 12.0 Å². The number of carboxylic acid groups (broad SMARTS) is 1. The van der Waals surface area contributed by atoms with E-state index in [-0.39, 0.29) is 19.0 Å². The van der Waals surface area contributed by atoms with Crippen molar-refractivity contribution in [2.75, 3.05) is 19.8 Å². The first-order chi connectivity index (χ1) is 10.5. The van der Waals surface area contributed by atoms with Crippen molar-refractivity contribution < 1.29 is 24.2 Å². The van der Waals surface area contributed by atoms with Crippen LogP contribution in [0.3, 0.4) is 0 Å². The van der Waals surface area contributed by atoms with Crippen molar-refractivity contribution in [3.05, 3.63) is 22.2 Å². The normalized spacial score (nSPS) is 14.1. The van der Waals surface area contributed by atoms with Crippen molar-refractivity contribution >= 4 is 27.9 Å². The Hall–Kier alpha value is -1.96. The lowest BCUT2D eigenvalue weighted by Gasteiger charge is -2.22. The number of carboxylic acids is 1. The van der Waals surface area contributed by atoms with E-state index in [1.54, 1.807) is 0 Å². The maximum atomic E-state index is 11.7. The van der Waals surface area contributed by atoms with Crippen LogP contribution in [0, 0.1) is 0 Å². The van der Waals surface area contributed by atoms with Crippen LogP contribution in [-0.2, 0) is 4.79 Å². The molecule has 2 amide bonds. The Labute approximate surface area is 136 Å². The number of rotatable bonds is 5. The van der Waals surface area contributed by atoms with Crippen molar-refractivity contribution in [3.63, 3.8) is 0 Å². The molecule has 22 heavy (non-hydrogen) atoms.